The van der Waals surface area contributed by atoms with Crippen molar-refractivity contribution >= 4 is 6.16 Å². The molecule has 0 unspecified atom stereocenters. The van der Waals surface area contributed by atoms with E-state index in [2.05, 4.69) is 11.3 Å². The van der Waals surface area contributed by atoms with Crippen LogP contribution in [-0.4, -0.2) is 11.8 Å². The summed E-state index contributed by atoms with van der Waals surface area (Å²) in [5.74, 6) is 0. The van der Waals surface area contributed by atoms with E-state index >= 15 is 0 Å². The van der Waals surface area contributed by atoms with Crippen molar-refractivity contribution < 1.29 is 14.6 Å². The Hall–Kier alpha value is -0.990. The molecule has 51 valence electrons. The summed E-state index contributed by atoms with van der Waals surface area (Å²) in [6, 6.07) is 0. The molecule has 0 saturated carbocycles. The first-order valence-electron chi connectivity index (χ1n) is 2.51. The molecule has 0 N–H and O–H groups in total. The van der Waals surface area contributed by atoms with Gasteiger partial charge in [-0.1, -0.05) is 6.58 Å². The maximum absolute atomic E-state index is 9.79. The van der Waals surface area contributed by atoms with Gasteiger partial charge in [-0.15, -0.1) is 0 Å². The molecule has 0 aliphatic carbocycles. The van der Waals surface area contributed by atoms with Crippen LogP contribution in [0.15, 0.2) is 12.7 Å². The molecule has 0 saturated heterocycles. The van der Waals surface area contributed by atoms with E-state index in [0.717, 1.165) is 0 Å². The Morgan fingerprint density at radius 1 is 1.67 bits per heavy atom. The summed E-state index contributed by atoms with van der Waals surface area (Å²) in [6.45, 7) is 6.53. The molecule has 3 nitrogen and oxygen atoms in total. The molecule has 0 fully saturated rings. The third kappa shape index (κ3) is 3.58. The number of carbonyl (C=O) groups excluding carboxylic acids is 1. The fourth-order valence-electron chi connectivity index (χ4n) is 0.256. The molecule has 0 rings (SSSR count). The van der Waals surface area contributed by atoms with E-state index in [0.29, 0.717) is 0 Å². The summed E-state index contributed by atoms with van der Waals surface area (Å²) in [4.78, 5) is 9.79. The Morgan fingerprint density at radius 3 is 2.22 bits per heavy atom. The largest absolute Gasteiger partial charge is 0.550 e. The third-order valence-corrected chi connectivity index (χ3v) is 0.838. The van der Waals surface area contributed by atoms with Gasteiger partial charge in [-0.3, -0.25) is 0 Å². The molecule has 0 aromatic carbocycles. The minimum atomic E-state index is -1.53. The van der Waals surface area contributed by atoms with Crippen LogP contribution in [0.1, 0.15) is 13.8 Å². The van der Waals surface area contributed by atoms with Crippen LogP contribution < -0.4 is 0 Å². The van der Waals surface area contributed by atoms with Crippen molar-refractivity contribution in [3.8, 4) is 0 Å². The molecular weight excluding hydrogens is 120 g/mol. The Balaban J connectivity index is 3.86. The van der Waals surface area contributed by atoms with Crippen molar-refractivity contribution in [1.29, 1.82) is 0 Å². The van der Waals surface area contributed by atoms with Crippen molar-refractivity contribution in [1.82, 2.24) is 0 Å². The van der Waals surface area contributed by atoms with Crippen LogP contribution >= 0.6 is 0 Å². The fraction of sp³-hybridized carbons (Fsp3) is 0.500. The van der Waals surface area contributed by atoms with Crippen LogP contribution in [0.4, 0.5) is 4.79 Å². The second kappa shape index (κ2) is 2.53. The number of hydrogen-bond acceptors (Lipinski definition) is 2. The molecule has 9 heavy (non-hydrogen) atoms. The quantitative estimate of drug-likeness (QED) is 0.419. The highest BCUT2D eigenvalue weighted by Crippen LogP contribution is 2.09. The van der Waals surface area contributed by atoms with Crippen molar-refractivity contribution in [3.05, 3.63) is 12.7 Å². The molecule has 0 amide bonds. The van der Waals surface area contributed by atoms with Gasteiger partial charge in [-0.2, -0.15) is 9.90 Å². The Morgan fingerprint density at radius 2 is 2.11 bits per heavy atom. The molecular formula is C6H9O3. The van der Waals surface area contributed by atoms with Gasteiger partial charge in [0.2, 0.25) is 0 Å². The minimum Gasteiger partial charge on any atom is -0.422 e. The lowest BCUT2D eigenvalue weighted by atomic mass is 10.1. The van der Waals surface area contributed by atoms with Gasteiger partial charge in [0.25, 0.3) is 0 Å². The molecule has 0 atom stereocenters. The molecule has 0 spiro atoms. The zero-order chi connectivity index (χ0) is 7.49. The molecule has 0 aromatic heterocycles. The summed E-state index contributed by atoms with van der Waals surface area (Å²) >= 11 is 0. The molecule has 1 radical (unpaired) electrons. The van der Waals surface area contributed by atoms with Gasteiger partial charge >= 0.3 is 6.16 Å². The summed E-state index contributed by atoms with van der Waals surface area (Å²) in [6.07, 6.45) is -0.136. The third-order valence-electron chi connectivity index (χ3n) is 0.838. The summed E-state index contributed by atoms with van der Waals surface area (Å²) < 4.78 is 4.27. The minimum absolute atomic E-state index is 0.834. The number of ether oxygens (including phenoxy) is 1. The first kappa shape index (κ1) is 8.01. The van der Waals surface area contributed by atoms with E-state index in [-0.39, 0.29) is 0 Å². The van der Waals surface area contributed by atoms with Crippen molar-refractivity contribution in [2.24, 2.45) is 0 Å². The van der Waals surface area contributed by atoms with E-state index in [1.54, 1.807) is 13.8 Å². The average molecular weight is 129 g/mol. The zero-order valence-electron chi connectivity index (χ0n) is 5.51. The van der Waals surface area contributed by atoms with Crippen molar-refractivity contribution in [3.63, 3.8) is 0 Å². The number of rotatable bonds is 2. The summed E-state index contributed by atoms with van der Waals surface area (Å²) in [5.41, 5.74) is -0.834. The lowest BCUT2D eigenvalue weighted by molar-refractivity contribution is 0.0132. The molecule has 0 bridgehead atoms. The average Bonchev–Trinajstić information content (AvgIpc) is 1.63. The Kier molecular flexibility index (Phi) is 2.25. The summed E-state index contributed by atoms with van der Waals surface area (Å²) in [7, 11) is 0. The van der Waals surface area contributed by atoms with E-state index in [9.17, 15) is 9.90 Å². The molecule has 0 aliphatic heterocycles. The topological polar surface area (TPSA) is 46.2 Å². The number of carbonyl (C=O) groups is 1. The molecule has 0 aromatic rings. The first-order valence-corrected chi connectivity index (χ1v) is 2.51. The smallest absolute Gasteiger partial charge is 0.422 e. The van der Waals surface area contributed by atoms with Gasteiger partial charge < -0.3 is 4.74 Å². The van der Waals surface area contributed by atoms with E-state index in [1.807, 2.05) is 0 Å². The maximum atomic E-state index is 9.79. The van der Waals surface area contributed by atoms with Crippen LogP contribution in [0.25, 0.3) is 0 Å². The predicted octanol–water partition coefficient (Wildman–Crippen LogP) is 1.52. The molecule has 0 aliphatic rings. The number of hydrogen-bond donors (Lipinski definition) is 0. The highest BCUT2D eigenvalue weighted by molar-refractivity contribution is 5.57. The van der Waals surface area contributed by atoms with Crippen molar-refractivity contribution in [2.75, 3.05) is 0 Å². The van der Waals surface area contributed by atoms with Crippen LogP contribution in [-0.2, 0) is 9.84 Å². The fourth-order valence-corrected chi connectivity index (χ4v) is 0.256. The zero-order valence-corrected chi connectivity index (χ0v) is 5.51. The normalized spacial score (nSPS) is 10.4. The van der Waals surface area contributed by atoms with Crippen LogP contribution in [0.5, 0.6) is 0 Å². The highest BCUT2D eigenvalue weighted by Gasteiger charge is 2.18. The van der Waals surface area contributed by atoms with Gasteiger partial charge in [-0.25, -0.2) is 0 Å². The monoisotopic (exact) mass is 129 g/mol. The first-order chi connectivity index (χ1) is 3.98. The molecule has 0 heterocycles. The Bertz CT molecular complexity index is 126. The molecule has 3 heteroatoms. The second-order valence-electron chi connectivity index (χ2n) is 2.16. The van der Waals surface area contributed by atoms with E-state index in [1.165, 1.54) is 6.08 Å². The van der Waals surface area contributed by atoms with Crippen LogP contribution in [0.2, 0.25) is 0 Å². The highest BCUT2D eigenvalue weighted by atomic mass is 16.7. The predicted molar refractivity (Wildman–Crippen MR) is 31.4 cm³/mol. The van der Waals surface area contributed by atoms with Gasteiger partial charge in [-0.05, 0) is 19.9 Å². The standard InChI is InChI=1S/C6H9O3/c1-4-6(2,3)9-5(7)8/h4H,1H2,2-3H3. The second-order valence-corrected chi connectivity index (χ2v) is 2.16. The summed E-state index contributed by atoms with van der Waals surface area (Å²) in [5, 5.41) is 9.79. The Labute approximate surface area is 53.9 Å². The van der Waals surface area contributed by atoms with Gasteiger partial charge in [0.1, 0.15) is 5.60 Å². The SMILES string of the molecule is C=CC(C)(C)OC([O])=O. The van der Waals surface area contributed by atoms with Gasteiger partial charge in [0.05, 0.1) is 0 Å². The maximum Gasteiger partial charge on any atom is 0.550 e. The van der Waals surface area contributed by atoms with Gasteiger partial charge in [0.15, 0.2) is 0 Å². The van der Waals surface area contributed by atoms with E-state index < -0.39 is 11.8 Å². The van der Waals surface area contributed by atoms with Crippen LogP contribution in [0.3, 0.4) is 0 Å². The van der Waals surface area contributed by atoms with Crippen molar-refractivity contribution in [2.45, 2.75) is 19.4 Å². The lowest BCUT2D eigenvalue weighted by Crippen LogP contribution is -2.23. The van der Waals surface area contributed by atoms with Crippen LogP contribution in [0, 0.1) is 0 Å². The van der Waals surface area contributed by atoms with E-state index in [4.69, 9.17) is 0 Å². The lowest BCUT2D eigenvalue weighted by Gasteiger charge is -2.16. The van der Waals surface area contributed by atoms with Gasteiger partial charge in [0, 0.05) is 0 Å².